The molecule has 1 fully saturated rings. The molecular formula is C26H38O3. The van der Waals surface area contributed by atoms with Crippen LogP contribution >= 0.6 is 0 Å². The minimum atomic E-state index is -0.901. The lowest BCUT2D eigenvalue weighted by atomic mass is 9.78. The number of ether oxygens (including phenoxy) is 1. The number of hydrogen-bond donors (Lipinski definition) is 1. The average Bonchev–Trinajstić information content (AvgIpc) is 3.34. The van der Waals surface area contributed by atoms with E-state index in [2.05, 4.69) is 66.7 Å². The molecule has 0 aromatic heterocycles. The maximum absolute atomic E-state index is 10.8. The zero-order valence-corrected chi connectivity index (χ0v) is 19.4. The lowest BCUT2D eigenvalue weighted by Gasteiger charge is -2.29. The minimum absolute atomic E-state index is 0.000123. The highest BCUT2D eigenvalue weighted by Crippen LogP contribution is 2.54. The van der Waals surface area contributed by atoms with Crippen molar-refractivity contribution < 1.29 is 14.6 Å². The van der Waals surface area contributed by atoms with Crippen LogP contribution in [-0.2, 0) is 15.6 Å². The zero-order valence-electron chi connectivity index (χ0n) is 19.4. The third-order valence-corrected chi connectivity index (χ3v) is 5.44. The fourth-order valence-electron chi connectivity index (χ4n) is 3.59. The highest BCUT2D eigenvalue weighted by molar-refractivity contribution is 5.81. The van der Waals surface area contributed by atoms with Crippen LogP contribution in [0.4, 0.5) is 0 Å². The first-order valence-corrected chi connectivity index (χ1v) is 10.8. The molecule has 1 aromatic rings. The molecule has 1 saturated carbocycles. The first-order chi connectivity index (χ1) is 13.3. The van der Waals surface area contributed by atoms with Gasteiger partial charge >= 0.3 is 5.97 Å². The first-order valence-electron chi connectivity index (χ1n) is 10.8. The number of aliphatic carboxylic acids is 1. The summed E-state index contributed by atoms with van der Waals surface area (Å²) in [6.07, 6.45) is 7.41. The monoisotopic (exact) mass is 398 g/mol. The zero-order chi connectivity index (χ0) is 22.0. The van der Waals surface area contributed by atoms with Gasteiger partial charge in [0.1, 0.15) is 5.75 Å². The van der Waals surface area contributed by atoms with Crippen LogP contribution in [0.15, 0.2) is 35.9 Å². The number of allylic oxidation sites excluding steroid dienone is 3. The lowest BCUT2D eigenvalue weighted by molar-refractivity contribution is -0.131. The van der Waals surface area contributed by atoms with Crippen molar-refractivity contribution >= 4 is 5.97 Å². The fraction of sp³-hybridized carbons (Fsp3) is 0.577. The molecule has 2 rings (SSSR count). The summed E-state index contributed by atoms with van der Waals surface area (Å²) in [4.78, 5) is 10.8. The van der Waals surface area contributed by atoms with E-state index < -0.39 is 5.97 Å². The average molecular weight is 399 g/mol. The molecule has 0 heterocycles. The molecule has 160 valence electrons. The topological polar surface area (TPSA) is 46.5 Å². The summed E-state index contributed by atoms with van der Waals surface area (Å²) >= 11 is 0. The molecule has 1 aliphatic carbocycles. The van der Waals surface area contributed by atoms with E-state index in [1.54, 1.807) is 0 Å². The Bertz CT molecular complexity index is 800. The molecule has 0 bridgehead atoms. The summed E-state index contributed by atoms with van der Waals surface area (Å²) in [5, 5.41) is 8.90. The number of benzene rings is 1. The molecule has 0 unspecified atom stereocenters. The Labute approximate surface area is 176 Å². The van der Waals surface area contributed by atoms with Crippen LogP contribution in [0.2, 0.25) is 0 Å². The van der Waals surface area contributed by atoms with Crippen LogP contribution in [0, 0.1) is 5.92 Å². The van der Waals surface area contributed by atoms with Crippen LogP contribution in [0.5, 0.6) is 5.75 Å². The maximum Gasteiger partial charge on any atom is 0.328 e. The Balaban J connectivity index is 2.47. The molecular weight excluding hydrogens is 360 g/mol. The van der Waals surface area contributed by atoms with Crippen LogP contribution < -0.4 is 4.74 Å². The van der Waals surface area contributed by atoms with Crippen LogP contribution in [0.3, 0.4) is 0 Å². The summed E-state index contributed by atoms with van der Waals surface area (Å²) in [7, 11) is 0. The Morgan fingerprint density at radius 1 is 1.17 bits per heavy atom. The van der Waals surface area contributed by atoms with Gasteiger partial charge in [0.05, 0.1) is 6.61 Å². The minimum Gasteiger partial charge on any atom is -0.493 e. The van der Waals surface area contributed by atoms with Crippen LogP contribution in [0.25, 0.3) is 0 Å². The highest BCUT2D eigenvalue weighted by Gasteiger charge is 2.40. The largest absolute Gasteiger partial charge is 0.493 e. The van der Waals surface area contributed by atoms with Crippen molar-refractivity contribution in [3.63, 3.8) is 0 Å². The molecule has 1 N–H and O–H groups in total. The van der Waals surface area contributed by atoms with E-state index in [1.807, 2.05) is 13.0 Å². The van der Waals surface area contributed by atoms with Gasteiger partial charge in [0.2, 0.25) is 0 Å². The molecule has 0 spiro atoms. The molecule has 3 nitrogen and oxygen atoms in total. The van der Waals surface area contributed by atoms with Crippen molar-refractivity contribution in [1.82, 2.24) is 0 Å². The molecule has 1 aromatic carbocycles. The van der Waals surface area contributed by atoms with E-state index in [0.717, 1.165) is 30.8 Å². The molecule has 29 heavy (non-hydrogen) atoms. The standard InChI is InChI=1S/C26H38O3/c1-9-12-29-24-21(20-14-18(20)11-10-17(2)13-23(27)28)15-19(25(3,4)5)16-22(24)26(6,7)8/h10-11,13,15-16,18,20H,9,12,14H2,1-8H3,(H,27,28)/t18-,20+/m0/s1. The quantitative estimate of drug-likeness (QED) is 0.407. The maximum atomic E-state index is 10.8. The van der Waals surface area contributed by atoms with Gasteiger partial charge in [-0.05, 0) is 59.1 Å². The normalized spacial score (nSPS) is 20.2. The number of hydrogen-bond acceptors (Lipinski definition) is 2. The van der Waals surface area contributed by atoms with Crippen molar-refractivity contribution in [1.29, 1.82) is 0 Å². The van der Waals surface area contributed by atoms with Crippen molar-refractivity contribution in [3.05, 3.63) is 52.6 Å². The van der Waals surface area contributed by atoms with Gasteiger partial charge in [-0.3, -0.25) is 0 Å². The van der Waals surface area contributed by atoms with Gasteiger partial charge in [0.25, 0.3) is 0 Å². The van der Waals surface area contributed by atoms with E-state index in [0.29, 0.717) is 11.8 Å². The molecule has 2 atom stereocenters. The van der Waals surface area contributed by atoms with E-state index in [4.69, 9.17) is 9.84 Å². The van der Waals surface area contributed by atoms with Crippen molar-refractivity contribution in [2.75, 3.05) is 6.61 Å². The van der Waals surface area contributed by atoms with E-state index in [9.17, 15) is 4.79 Å². The van der Waals surface area contributed by atoms with Gasteiger partial charge < -0.3 is 9.84 Å². The summed E-state index contributed by atoms with van der Waals surface area (Å²) in [5.74, 6) is 1.02. The van der Waals surface area contributed by atoms with Gasteiger partial charge in [-0.15, -0.1) is 0 Å². The highest BCUT2D eigenvalue weighted by atomic mass is 16.5. The predicted molar refractivity (Wildman–Crippen MR) is 121 cm³/mol. The Morgan fingerprint density at radius 3 is 2.34 bits per heavy atom. The van der Waals surface area contributed by atoms with Crippen molar-refractivity contribution in [3.8, 4) is 5.75 Å². The Hall–Kier alpha value is -2.03. The van der Waals surface area contributed by atoms with Gasteiger partial charge in [-0.1, -0.05) is 72.8 Å². The summed E-state index contributed by atoms with van der Waals surface area (Å²) in [6, 6.07) is 4.68. The van der Waals surface area contributed by atoms with Gasteiger partial charge in [-0.2, -0.15) is 0 Å². The van der Waals surface area contributed by atoms with Crippen molar-refractivity contribution in [2.24, 2.45) is 5.92 Å². The number of carboxylic acids is 1. The van der Waals surface area contributed by atoms with E-state index in [-0.39, 0.29) is 10.8 Å². The van der Waals surface area contributed by atoms with Gasteiger partial charge in [-0.25, -0.2) is 4.79 Å². The van der Waals surface area contributed by atoms with Crippen LogP contribution in [0.1, 0.15) is 90.8 Å². The van der Waals surface area contributed by atoms with Crippen LogP contribution in [-0.4, -0.2) is 17.7 Å². The molecule has 1 aliphatic rings. The molecule has 0 aliphatic heterocycles. The summed E-state index contributed by atoms with van der Waals surface area (Å²) in [5.41, 5.74) is 4.77. The lowest BCUT2D eigenvalue weighted by Crippen LogP contribution is -2.19. The molecule has 0 saturated heterocycles. The molecule has 0 amide bonds. The second-order valence-corrected chi connectivity index (χ2v) is 10.4. The molecule has 0 radical (unpaired) electrons. The van der Waals surface area contributed by atoms with Gasteiger partial charge in [0.15, 0.2) is 0 Å². The Kier molecular flexibility index (Phi) is 7.03. The first kappa shape index (κ1) is 23.3. The third kappa shape index (κ3) is 6.22. The summed E-state index contributed by atoms with van der Waals surface area (Å²) < 4.78 is 6.33. The second-order valence-electron chi connectivity index (χ2n) is 10.4. The summed E-state index contributed by atoms with van der Waals surface area (Å²) in [6.45, 7) is 18.2. The SMILES string of the molecule is CCCOc1c([C@@H]2C[C@@H]2C=CC(C)=CC(=O)O)cc(C(C)(C)C)cc1C(C)(C)C. The predicted octanol–water partition coefficient (Wildman–Crippen LogP) is 6.76. The molecule has 3 heteroatoms. The number of carboxylic acid groups (broad SMARTS) is 1. The fourth-order valence-corrected chi connectivity index (χ4v) is 3.59. The van der Waals surface area contributed by atoms with E-state index >= 15 is 0 Å². The number of rotatable bonds is 7. The van der Waals surface area contributed by atoms with Crippen molar-refractivity contribution in [2.45, 2.75) is 85.0 Å². The Morgan fingerprint density at radius 2 is 1.83 bits per heavy atom. The smallest absolute Gasteiger partial charge is 0.328 e. The number of carbonyl (C=O) groups is 1. The van der Waals surface area contributed by atoms with Gasteiger partial charge in [0, 0.05) is 11.6 Å². The second kappa shape index (κ2) is 8.77. The van der Waals surface area contributed by atoms with E-state index in [1.165, 1.54) is 22.8 Å². The third-order valence-electron chi connectivity index (χ3n) is 5.44.